The van der Waals surface area contributed by atoms with Gasteiger partial charge < -0.3 is 0 Å². The molecule has 0 rings (SSSR count). The van der Waals surface area contributed by atoms with Crippen molar-refractivity contribution in [2.24, 2.45) is 0 Å². The van der Waals surface area contributed by atoms with Crippen LogP contribution in [0.25, 0.3) is 0 Å². The summed E-state index contributed by atoms with van der Waals surface area (Å²) in [4.78, 5) is 0. The SMILES string of the molecule is CCCCCC.CCCCCCCCCCCCCC. The van der Waals surface area contributed by atoms with Crippen LogP contribution in [0.1, 0.15) is 130 Å². The van der Waals surface area contributed by atoms with Gasteiger partial charge in [0.1, 0.15) is 0 Å². The zero-order chi connectivity index (χ0) is 15.3. The normalized spacial score (nSPS) is 10.2. The summed E-state index contributed by atoms with van der Waals surface area (Å²) in [6.45, 7) is 9.03. The predicted molar refractivity (Wildman–Crippen MR) is 96.6 cm³/mol. The Hall–Kier alpha value is 0. The number of hydrogen-bond donors (Lipinski definition) is 0. The third-order valence-electron chi connectivity index (χ3n) is 3.91. The van der Waals surface area contributed by atoms with Gasteiger partial charge in [-0.1, -0.05) is 130 Å². The van der Waals surface area contributed by atoms with Gasteiger partial charge in [0.05, 0.1) is 0 Å². The van der Waals surface area contributed by atoms with E-state index in [2.05, 4.69) is 27.7 Å². The van der Waals surface area contributed by atoms with E-state index in [9.17, 15) is 0 Å². The smallest absolute Gasteiger partial charge is 0.0533 e. The summed E-state index contributed by atoms with van der Waals surface area (Å²) in [7, 11) is 0. The van der Waals surface area contributed by atoms with Gasteiger partial charge in [0.25, 0.3) is 0 Å². The van der Waals surface area contributed by atoms with E-state index in [0.29, 0.717) is 0 Å². The van der Waals surface area contributed by atoms with E-state index in [1.54, 1.807) is 0 Å². The van der Waals surface area contributed by atoms with Crippen LogP contribution in [-0.4, -0.2) is 0 Å². The van der Waals surface area contributed by atoms with Gasteiger partial charge in [0.2, 0.25) is 0 Å². The summed E-state index contributed by atoms with van der Waals surface area (Å²) in [6, 6.07) is 0. The lowest BCUT2D eigenvalue weighted by atomic mass is 10.1. The van der Waals surface area contributed by atoms with Gasteiger partial charge in [0.15, 0.2) is 0 Å². The molecule has 0 N–H and O–H groups in total. The lowest BCUT2D eigenvalue weighted by molar-refractivity contribution is 0.548. The van der Waals surface area contributed by atoms with E-state index >= 15 is 0 Å². The minimum absolute atomic E-state index is 1.36. The summed E-state index contributed by atoms with van der Waals surface area (Å²) < 4.78 is 0. The molecule has 0 atom stereocenters. The molecule has 0 nitrogen and oxygen atoms in total. The van der Waals surface area contributed by atoms with Crippen LogP contribution in [0.5, 0.6) is 0 Å². The zero-order valence-corrected chi connectivity index (χ0v) is 15.3. The molecule has 0 aromatic heterocycles. The monoisotopic (exact) mass is 284 g/mol. The van der Waals surface area contributed by atoms with Gasteiger partial charge in [0, 0.05) is 0 Å². The van der Waals surface area contributed by atoms with Crippen molar-refractivity contribution in [1.29, 1.82) is 0 Å². The Morgan fingerprint density at radius 1 is 0.250 bits per heavy atom. The highest BCUT2D eigenvalue weighted by molar-refractivity contribution is 4.47. The molecular formula is C20H44. The Morgan fingerprint density at radius 2 is 0.400 bits per heavy atom. The lowest BCUT2D eigenvalue weighted by Gasteiger charge is -2.01. The minimum atomic E-state index is 1.36. The second-order valence-electron chi connectivity index (χ2n) is 6.24. The molecule has 0 unspecified atom stereocenters. The first-order valence-electron chi connectivity index (χ1n) is 9.83. The Labute approximate surface area is 131 Å². The Kier molecular flexibility index (Phi) is 26.8. The van der Waals surface area contributed by atoms with E-state index in [1.165, 1.54) is 103 Å². The third-order valence-corrected chi connectivity index (χ3v) is 3.91. The van der Waals surface area contributed by atoms with Crippen molar-refractivity contribution in [1.82, 2.24) is 0 Å². The van der Waals surface area contributed by atoms with Gasteiger partial charge in [-0.25, -0.2) is 0 Å². The highest BCUT2D eigenvalue weighted by Crippen LogP contribution is 2.11. The second kappa shape index (κ2) is 24.0. The molecule has 0 aliphatic heterocycles. The third kappa shape index (κ3) is 26.5. The largest absolute Gasteiger partial charge is 0.0654 e. The van der Waals surface area contributed by atoms with Gasteiger partial charge >= 0.3 is 0 Å². The van der Waals surface area contributed by atoms with E-state index in [1.807, 2.05) is 0 Å². The molecule has 0 heteroatoms. The molecule has 0 spiro atoms. The molecule has 0 amide bonds. The Morgan fingerprint density at radius 3 is 0.600 bits per heavy atom. The van der Waals surface area contributed by atoms with Crippen LogP contribution in [0, 0.1) is 0 Å². The number of unbranched alkanes of at least 4 members (excludes halogenated alkanes) is 14. The lowest BCUT2D eigenvalue weighted by Crippen LogP contribution is -1.81. The van der Waals surface area contributed by atoms with Crippen molar-refractivity contribution in [3.63, 3.8) is 0 Å². The van der Waals surface area contributed by atoms with Crippen molar-refractivity contribution in [2.45, 2.75) is 130 Å². The van der Waals surface area contributed by atoms with Crippen LogP contribution >= 0.6 is 0 Å². The number of rotatable bonds is 14. The van der Waals surface area contributed by atoms with Crippen LogP contribution in [0.4, 0.5) is 0 Å². The predicted octanol–water partition coefficient (Wildman–Crippen LogP) is 8.29. The van der Waals surface area contributed by atoms with Gasteiger partial charge in [-0.2, -0.15) is 0 Å². The van der Waals surface area contributed by atoms with Crippen LogP contribution < -0.4 is 0 Å². The molecule has 20 heavy (non-hydrogen) atoms. The maximum atomic E-state index is 2.29. The highest BCUT2D eigenvalue weighted by atomic mass is 14.0. The van der Waals surface area contributed by atoms with E-state index in [-0.39, 0.29) is 0 Å². The molecule has 0 radical (unpaired) electrons. The van der Waals surface area contributed by atoms with E-state index in [4.69, 9.17) is 0 Å². The highest BCUT2D eigenvalue weighted by Gasteiger charge is 1.91. The first-order chi connectivity index (χ1) is 9.83. The van der Waals surface area contributed by atoms with Crippen molar-refractivity contribution < 1.29 is 0 Å². The fourth-order valence-corrected chi connectivity index (χ4v) is 2.41. The van der Waals surface area contributed by atoms with E-state index < -0.39 is 0 Å². The standard InChI is InChI=1S/C14H30.C6H14/c1-3-5-7-9-11-13-14-12-10-8-6-4-2;1-3-5-6-4-2/h3-14H2,1-2H3;3-6H2,1-2H3. The average molecular weight is 285 g/mol. The summed E-state index contributed by atoms with van der Waals surface area (Å²) in [5.41, 5.74) is 0. The summed E-state index contributed by atoms with van der Waals surface area (Å²) in [6.07, 6.45) is 23.0. The fraction of sp³-hybridized carbons (Fsp3) is 1.00. The first kappa shape index (κ1) is 22.3. The van der Waals surface area contributed by atoms with Crippen LogP contribution in [0.2, 0.25) is 0 Å². The van der Waals surface area contributed by atoms with Crippen molar-refractivity contribution in [3.8, 4) is 0 Å². The molecule has 0 aromatic rings. The molecule has 0 aliphatic rings. The molecule has 0 aromatic carbocycles. The van der Waals surface area contributed by atoms with Crippen LogP contribution in [0.15, 0.2) is 0 Å². The maximum Gasteiger partial charge on any atom is -0.0533 e. The van der Waals surface area contributed by atoms with Gasteiger partial charge in [-0.05, 0) is 0 Å². The van der Waals surface area contributed by atoms with Crippen molar-refractivity contribution >= 4 is 0 Å². The molecule has 124 valence electrons. The van der Waals surface area contributed by atoms with Crippen molar-refractivity contribution in [2.75, 3.05) is 0 Å². The zero-order valence-electron chi connectivity index (χ0n) is 15.3. The van der Waals surface area contributed by atoms with Gasteiger partial charge in [-0.3, -0.25) is 0 Å². The number of hydrogen-bond acceptors (Lipinski definition) is 0. The first-order valence-corrected chi connectivity index (χ1v) is 9.83. The topological polar surface area (TPSA) is 0 Å². The Balaban J connectivity index is 0. The molecule has 0 saturated heterocycles. The molecule has 0 saturated carbocycles. The van der Waals surface area contributed by atoms with E-state index in [0.717, 1.165) is 0 Å². The molecule has 0 aliphatic carbocycles. The fourth-order valence-electron chi connectivity index (χ4n) is 2.41. The van der Waals surface area contributed by atoms with Gasteiger partial charge in [-0.15, -0.1) is 0 Å². The average Bonchev–Trinajstić information content (AvgIpc) is 2.48. The molecule has 0 heterocycles. The van der Waals surface area contributed by atoms with Crippen LogP contribution in [-0.2, 0) is 0 Å². The molecule has 0 fully saturated rings. The summed E-state index contributed by atoms with van der Waals surface area (Å²) in [5, 5.41) is 0. The van der Waals surface area contributed by atoms with Crippen molar-refractivity contribution in [3.05, 3.63) is 0 Å². The summed E-state index contributed by atoms with van der Waals surface area (Å²) >= 11 is 0. The maximum absolute atomic E-state index is 2.29. The second-order valence-corrected chi connectivity index (χ2v) is 6.24. The minimum Gasteiger partial charge on any atom is -0.0654 e. The quantitative estimate of drug-likeness (QED) is 0.281. The Bertz CT molecular complexity index is 112. The molecular weight excluding hydrogens is 240 g/mol. The molecule has 0 bridgehead atoms. The van der Waals surface area contributed by atoms with Crippen LogP contribution in [0.3, 0.4) is 0 Å². The summed E-state index contributed by atoms with van der Waals surface area (Å²) in [5.74, 6) is 0.